The summed E-state index contributed by atoms with van der Waals surface area (Å²) in [7, 11) is 0. The fourth-order valence-corrected chi connectivity index (χ4v) is 3.55. The molecule has 0 unspecified atom stereocenters. The maximum absolute atomic E-state index is 13.7. The number of furan rings is 1. The number of alkyl halides is 3. The number of aromatic nitrogens is 2. The summed E-state index contributed by atoms with van der Waals surface area (Å²) < 4.78 is 59.9. The summed E-state index contributed by atoms with van der Waals surface area (Å²) in [5, 5.41) is 14.0. The molecule has 12 heteroatoms. The molecule has 170 valence electrons. The van der Waals surface area contributed by atoms with Crippen LogP contribution >= 0.6 is 0 Å². The molecule has 0 radical (unpaired) electrons. The number of aryl methyl sites for hydroxylation is 1. The molecular weight excluding hydrogens is 434 g/mol. The van der Waals surface area contributed by atoms with E-state index in [1.807, 2.05) is 5.32 Å². The van der Waals surface area contributed by atoms with Crippen molar-refractivity contribution < 1.29 is 31.9 Å². The third kappa shape index (κ3) is 4.31. The van der Waals surface area contributed by atoms with Gasteiger partial charge in [0.2, 0.25) is 5.95 Å². The molecule has 0 aliphatic carbocycles. The first kappa shape index (κ1) is 21.8. The normalized spacial score (nSPS) is 16.5. The summed E-state index contributed by atoms with van der Waals surface area (Å²) in [6.45, 7) is 3.71. The van der Waals surface area contributed by atoms with Crippen LogP contribution in [0.25, 0.3) is 11.0 Å². The molecule has 3 N–H and O–H groups in total. The lowest BCUT2D eigenvalue weighted by Gasteiger charge is -2.44. The SMILES string of the molecule is Cc1c([C@H](NC(=O)Nc2cnc(N3CC(C)(O)C3)nc2)C(F)(F)F)oc2ccc(F)cc12. The Hall–Kier alpha value is -3.41. The van der Waals surface area contributed by atoms with Gasteiger partial charge in [0.15, 0.2) is 6.04 Å². The lowest BCUT2D eigenvalue weighted by Crippen LogP contribution is -2.60. The number of hydrogen-bond donors (Lipinski definition) is 3. The van der Waals surface area contributed by atoms with Crippen LogP contribution < -0.4 is 15.5 Å². The number of fused-ring (bicyclic) bond motifs is 1. The molecule has 32 heavy (non-hydrogen) atoms. The number of hydrogen-bond acceptors (Lipinski definition) is 6. The van der Waals surface area contributed by atoms with Crippen LogP contribution in [0.2, 0.25) is 0 Å². The van der Waals surface area contributed by atoms with Crippen LogP contribution in [0, 0.1) is 12.7 Å². The number of benzene rings is 1. The molecule has 1 aliphatic heterocycles. The van der Waals surface area contributed by atoms with Gasteiger partial charge in [-0.1, -0.05) is 0 Å². The minimum atomic E-state index is -4.87. The van der Waals surface area contributed by atoms with E-state index >= 15 is 0 Å². The zero-order chi connectivity index (χ0) is 23.3. The van der Waals surface area contributed by atoms with Crippen molar-refractivity contribution in [2.75, 3.05) is 23.3 Å². The molecule has 1 aliphatic rings. The van der Waals surface area contributed by atoms with E-state index < -0.39 is 35.4 Å². The first-order valence-corrected chi connectivity index (χ1v) is 9.55. The quantitative estimate of drug-likeness (QED) is 0.521. The van der Waals surface area contributed by atoms with Crippen LogP contribution in [0.15, 0.2) is 35.0 Å². The summed E-state index contributed by atoms with van der Waals surface area (Å²) in [6.07, 6.45) is -2.39. The van der Waals surface area contributed by atoms with Crippen molar-refractivity contribution in [1.29, 1.82) is 0 Å². The van der Waals surface area contributed by atoms with Gasteiger partial charge in [-0.25, -0.2) is 19.2 Å². The number of carbonyl (C=O) groups is 1. The standard InChI is InChI=1S/C20H19F4N5O3/c1-10-13-5-11(21)3-4-14(13)32-15(10)16(20(22,23)24)28-18(30)27-12-6-25-17(26-7-12)29-8-19(2,31)9-29/h3-7,16,31H,8-9H2,1-2H3,(H2,27,28,30)/t16-/m0/s1. The number of amides is 2. The van der Waals surface area contributed by atoms with Crippen molar-refractivity contribution in [1.82, 2.24) is 15.3 Å². The van der Waals surface area contributed by atoms with E-state index in [0.717, 1.165) is 12.1 Å². The van der Waals surface area contributed by atoms with Crippen LogP contribution in [0.4, 0.5) is 34.0 Å². The molecule has 3 aromatic rings. The van der Waals surface area contributed by atoms with E-state index in [0.29, 0.717) is 19.0 Å². The van der Waals surface area contributed by atoms with Gasteiger partial charge in [0.05, 0.1) is 36.8 Å². The molecule has 0 bridgehead atoms. The van der Waals surface area contributed by atoms with Gasteiger partial charge in [-0.05, 0) is 32.0 Å². The molecule has 4 rings (SSSR count). The third-order valence-electron chi connectivity index (χ3n) is 5.04. The van der Waals surface area contributed by atoms with Crippen molar-refractivity contribution in [2.24, 2.45) is 0 Å². The second-order valence-electron chi connectivity index (χ2n) is 7.93. The Morgan fingerprint density at radius 2 is 1.94 bits per heavy atom. The number of carbonyl (C=O) groups excluding carboxylic acids is 1. The predicted octanol–water partition coefficient (Wildman–Crippen LogP) is 3.67. The highest BCUT2D eigenvalue weighted by molar-refractivity contribution is 5.89. The number of β-amino-alcohol motifs (C(OH)–C–C–N with tert-alkyl or cyclic N) is 1. The largest absolute Gasteiger partial charge is 0.458 e. The molecule has 1 fully saturated rings. The Labute approximate surface area is 179 Å². The van der Waals surface area contributed by atoms with E-state index in [2.05, 4.69) is 15.3 Å². The van der Waals surface area contributed by atoms with Crippen molar-refractivity contribution in [2.45, 2.75) is 31.7 Å². The lowest BCUT2D eigenvalue weighted by molar-refractivity contribution is -0.158. The van der Waals surface area contributed by atoms with Crippen LogP contribution in [-0.2, 0) is 0 Å². The van der Waals surface area contributed by atoms with E-state index in [1.165, 1.54) is 25.4 Å². The molecule has 2 aromatic heterocycles. The number of halogens is 4. The van der Waals surface area contributed by atoms with Gasteiger partial charge >= 0.3 is 12.2 Å². The van der Waals surface area contributed by atoms with E-state index in [1.54, 1.807) is 11.8 Å². The monoisotopic (exact) mass is 453 g/mol. The van der Waals surface area contributed by atoms with Gasteiger partial charge in [-0.3, -0.25) is 0 Å². The summed E-state index contributed by atoms with van der Waals surface area (Å²) >= 11 is 0. The maximum atomic E-state index is 13.7. The Balaban J connectivity index is 1.49. The second-order valence-corrected chi connectivity index (χ2v) is 7.93. The maximum Gasteiger partial charge on any atom is 0.416 e. The van der Waals surface area contributed by atoms with Gasteiger partial charge in [0.25, 0.3) is 0 Å². The van der Waals surface area contributed by atoms with Crippen LogP contribution in [0.5, 0.6) is 0 Å². The van der Waals surface area contributed by atoms with Crippen molar-refractivity contribution >= 4 is 28.6 Å². The average Bonchev–Trinajstić information content (AvgIpc) is 3.00. The fraction of sp³-hybridized carbons (Fsp3) is 0.350. The highest BCUT2D eigenvalue weighted by atomic mass is 19.4. The number of rotatable bonds is 4. The average molecular weight is 453 g/mol. The minimum Gasteiger partial charge on any atom is -0.458 e. The van der Waals surface area contributed by atoms with Gasteiger partial charge in [-0.2, -0.15) is 13.2 Å². The molecule has 2 amide bonds. The fourth-order valence-electron chi connectivity index (χ4n) is 3.55. The van der Waals surface area contributed by atoms with Gasteiger partial charge in [-0.15, -0.1) is 0 Å². The number of nitrogens with one attached hydrogen (secondary N) is 2. The molecule has 1 saturated heterocycles. The Bertz CT molecular complexity index is 1150. The topological polar surface area (TPSA) is 104 Å². The number of aliphatic hydroxyl groups is 1. The summed E-state index contributed by atoms with van der Waals surface area (Å²) in [6, 6.07) is -0.238. The van der Waals surface area contributed by atoms with Crippen LogP contribution in [0.1, 0.15) is 24.3 Å². The molecule has 3 heterocycles. The number of urea groups is 1. The Morgan fingerprint density at radius 1 is 1.28 bits per heavy atom. The number of anilines is 2. The first-order chi connectivity index (χ1) is 14.9. The molecule has 1 atom stereocenters. The third-order valence-corrected chi connectivity index (χ3v) is 5.04. The van der Waals surface area contributed by atoms with Crippen LogP contribution in [0.3, 0.4) is 0 Å². The highest BCUT2D eigenvalue weighted by Gasteiger charge is 2.45. The number of nitrogens with zero attached hydrogens (tertiary/aromatic N) is 3. The summed E-state index contributed by atoms with van der Waals surface area (Å²) in [4.78, 5) is 22.1. The van der Waals surface area contributed by atoms with E-state index in [-0.39, 0.29) is 22.2 Å². The van der Waals surface area contributed by atoms with E-state index in [9.17, 15) is 27.5 Å². The van der Waals surface area contributed by atoms with Gasteiger partial charge in [0, 0.05) is 10.9 Å². The molecular formula is C20H19F4N5O3. The van der Waals surface area contributed by atoms with Crippen LogP contribution in [-0.4, -0.2) is 46.0 Å². The lowest BCUT2D eigenvalue weighted by atomic mass is 9.98. The highest BCUT2D eigenvalue weighted by Crippen LogP contribution is 2.38. The molecule has 8 nitrogen and oxygen atoms in total. The van der Waals surface area contributed by atoms with Crippen molar-refractivity contribution in [3.8, 4) is 0 Å². The summed E-state index contributed by atoms with van der Waals surface area (Å²) in [5.74, 6) is -0.835. The van der Waals surface area contributed by atoms with E-state index in [4.69, 9.17) is 4.42 Å². The molecule has 0 saturated carbocycles. The summed E-state index contributed by atoms with van der Waals surface area (Å²) in [5.41, 5.74) is -0.611. The second kappa shape index (κ2) is 7.62. The first-order valence-electron chi connectivity index (χ1n) is 9.55. The smallest absolute Gasteiger partial charge is 0.416 e. The molecule has 1 aromatic carbocycles. The zero-order valence-electron chi connectivity index (χ0n) is 17.0. The Kier molecular flexibility index (Phi) is 5.19. The predicted molar refractivity (Wildman–Crippen MR) is 107 cm³/mol. The van der Waals surface area contributed by atoms with Crippen molar-refractivity contribution in [3.63, 3.8) is 0 Å². The minimum absolute atomic E-state index is 0.0697. The molecule has 0 spiro atoms. The zero-order valence-corrected chi connectivity index (χ0v) is 17.0. The van der Waals surface area contributed by atoms with Crippen molar-refractivity contribution in [3.05, 3.63) is 47.7 Å². The Morgan fingerprint density at radius 3 is 2.53 bits per heavy atom. The van der Waals surface area contributed by atoms with Gasteiger partial charge < -0.3 is 25.1 Å². The van der Waals surface area contributed by atoms with Gasteiger partial charge in [0.1, 0.15) is 17.2 Å².